The van der Waals surface area contributed by atoms with Crippen LogP contribution < -0.4 is 0 Å². The minimum Gasteiger partial charge on any atom is -0.384 e. The summed E-state index contributed by atoms with van der Waals surface area (Å²) in [5.74, 6) is 1.17. The Morgan fingerprint density at radius 3 is 2.92 bits per heavy atom. The highest BCUT2D eigenvalue weighted by Crippen LogP contribution is 2.30. The van der Waals surface area contributed by atoms with E-state index in [9.17, 15) is 0 Å². The van der Waals surface area contributed by atoms with E-state index < -0.39 is 0 Å². The first-order valence-electron chi connectivity index (χ1n) is 9.48. The number of aromatic nitrogens is 3. The Morgan fingerprint density at radius 1 is 1.28 bits per heavy atom. The number of nitrogens with zero attached hydrogens (tertiary/aromatic N) is 4. The number of hydrogen-bond acceptors (Lipinski definition) is 4. The normalized spacial score (nSPS) is 21.6. The molecule has 5 heteroatoms. The van der Waals surface area contributed by atoms with Crippen LogP contribution in [0.4, 0.5) is 0 Å². The fourth-order valence-corrected chi connectivity index (χ4v) is 4.40. The van der Waals surface area contributed by atoms with Gasteiger partial charge in [0.2, 0.25) is 0 Å². The molecular formula is C20H28N4O. The summed E-state index contributed by atoms with van der Waals surface area (Å²) < 4.78 is 7.70. The molecule has 0 N–H and O–H groups in total. The molecule has 25 heavy (non-hydrogen) atoms. The highest BCUT2D eigenvalue weighted by Gasteiger charge is 2.29. The zero-order chi connectivity index (χ0) is 17.1. The second-order valence-corrected chi connectivity index (χ2v) is 7.60. The van der Waals surface area contributed by atoms with Gasteiger partial charge in [-0.1, -0.05) is 18.9 Å². The molecule has 0 saturated heterocycles. The lowest BCUT2D eigenvalue weighted by Crippen LogP contribution is -2.34. The summed E-state index contributed by atoms with van der Waals surface area (Å²) in [5, 5.41) is 4.95. The molecule has 1 aliphatic carbocycles. The molecule has 1 atom stereocenters. The fraction of sp³-hybridized carbons (Fsp3) is 0.600. The molecule has 0 radical (unpaired) electrons. The first kappa shape index (κ1) is 16.7. The van der Waals surface area contributed by atoms with Gasteiger partial charge in [-0.25, -0.2) is 0 Å². The molecule has 5 nitrogen and oxygen atoms in total. The van der Waals surface area contributed by atoms with Crippen LogP contribution in [0.15, 0.2) is 30.7 Å². The molecule has 1 saturated carbocycles. The molecule has 0 amide bonds. The van der Waals surface area contributed by atoms with Crippen molar-refractivity contribution in [1.29, 1.82) is 0 Å². The molecule has 1 aliphatic heterocycles. The Hall–Kier alpha value is -1.72. The molecule has 2 aromatic heterocycles. The Balaban J connectivity index is 1.50. The van der Waals surface area contributed by atoms with Gasteiger partial charge in [0.05, 0.1) is 12.3 Å². The third kappa shape index (κ3) is 3.93. The highest BCUT2D eigenvalue weighted by atomic mass is 16.5. The monoisotopic (exact) mass is 340 g/mol. The van der Waals surface area contributed by atoms with Gasteiger partial charge in [-0.15, -0.1) is 0 Å². The quantitative estimate of drug-likeness (QED) is 0.810. The van der Waals surface area contributed by atoms with Crippen LogP contribution in [0.2, 0.25) is 0 Å². The maximum atomic E-state index is 5.49. The molecule has 0 aromatic carbocycles. The van der Waals surface area contributed by atoms with E-state index in [0.29, 0.717) is 5.92 Å². The highest BCUT2D eigenvalue weighted by molar-refractivity contribution is 5.25. The van der Waals surface area contributed by atoms with Crippen LogP contribution in [-0.4, -0.2) is 39.9 Å². The lowest BCUT2D eigenvalue weighted by molar-refractivity contribution is 0.134. The van der Waals surface area contributed by atoms with Gasteiger partial charge in [-0.05, 0) is 30.4 Å². The predicted molar refractivity (Wildman–Crippen MR) is 97.2 cm³/mol. The van der Waals surface area contributed by atoms with Crippen LogP contribution in [0.3, 0.4) is 0 Å². The molecule has 0 bridgehead atoms. The van der Waals surface area contributed by atoms with Crippen LogP contribution in [0.1, 0.15) is 48.4 Å². The van der Waals surface area contributed by atoms with Crippen molar-refractivity contribution >= 4 is 0 Å². The van der Waals surface area contributed by atoms with Gasteiger partial charge in [0.25, 0.3) is 0 Å². The molecule has 1 fully saturated rings. The fourth-order valence-electron chi connectivity index (χ4n) is 4.40. The summed E-state index contributed by atoms with van der Waals surface area (Å²) in [6.45, 7) is 4.71. The Kier molecular flexibility index (Phi) is 5.13. The lowest BCUT2D eigenvalue weighted by atomic mass is 9.97. The Labute approximate surface area is 150 Å². The van der Waals surface area contributed by atoms with E-state index in [1.54, 1.807) is 7.11 Å². The van der Waals surface area contributed by atoms with E-state index in [0.717, 1.165) is 38.7 Å². The molecule has 134 valence electrons. The SMILES string of the molecule is COCC1CN(Cc2cccnc2)Cc2cn(CC3CCCC3)nc21. The van der Waals surface area contributed by atoms with E-state index in [2.05, 4.69) is 26.8 Å². The van der Waals surface area contributed by atoms with E-state index >= 15 is 0 Å². The first-order valence-corrected chi connectivity index (χ1v) is 9.48. The minimum atomic E-state index is 0.357. The second kappa shape index (κ2) is 7.67. The average Bonchev–Trinajstić information content (AvgIpc) is 3.26. The standard InChI is InChI=1S/C20H28N4O/c1-25-15-19-13-23(10-17-7-4-8-21-9-17)12-18-14-24(22-20(18)19)11-16-5-2-3-6-16/h4,7-9,14,16,19H,2-3,5-6,10-13,15H2,1H3. The summed E-state index contributed by atoms with van der Waals surface area (Å²) >= 11 is 0. The number of hydrogen-bond donors (Lipinski definition) is 0. The topological polar surface area (TPSA) is 43.2 Å². The van der Waals surface area contributed by atoms with Crippen molar-refractivity contribution < 1.29 is 4.74 Å². The molecule has 1 unspecified atom stereocenters. The number of methoxy groups -OCH3 is 1. The summed E-state index contributed by atoms with van der Waals surface area (Å²) in [4.78, 5) is 6.73. The zero-order valence-corrected chi connectivity index (χ0v) is 15.1. The van der Waals surface area contributed by atoms with Crippen molar-refractivity contribution in [3.8, 4) is 0 Å². The number of rotatable bonds is 6. The van der Waals surface area contributed by atoms with Crippen molar-refractivity contribution in [3.63, 3.8) is 0 Å². The molecule has 3 heterocycles. The molecular weight excluding hydrogens is 312 g/mol. The largest absolute Gasteiger partial charge is 0.384 e. The van der Waals surface area contributed by atoms with Gasteiger partial charge in [0.1, 0.15) is 0 Å². The number of pyridine rings is 1. The van der Waals surface area contributed by atoms with E-state index in [-0.39, 0.29) is 0 Å². The molecule has 4 rings (SSSR count). The predicted octanol–water partition coefficient (Wildman–Crippen LogP) is 3.21. The van der Waals surface area contributed by atoms with Crippen LogP contribution in [-0.2, 0) is 24.4 Å². The van der Waals surface area contributed by atoms with Crippen LogP contribution >= 0.6 is 0 Å². The summed E-state index contributed by atoms with van der Waals surface area (Å²) in [6, 6.07) is 4.16. The van der Waals surface area contributed by atoms with Gasteiger partial charge in [0, 0.05) is 63.4 Å². The van der Waals surface area contributed by atoms with Crippen molar-refractivity contribution in [2.24, 2.45) is 5.92 Å². The van der Waals surface area contributed by atoms with E-state index in [4.69, 9.17) is 9.84 Å². The van der Waals surface area contributed by atoms with E-state index in [1.165, 1.54) is 42.5 Å². The van der Waals surface area contributed by atoms with Gasteiger partial charge in [-0.2, -0.15) is 5.10 Å². The Morgan fingerprint density at radius 2 is 2.16 bits per heavy atom. The van der Waals surface area contributed by atoms with Crippen LogP contribution in [0.5, 0.6) is 0 Å². The van der Waals surface area contributed by atoms with Crippen molar-refractivity contribution in [3.05, 3.63) is 47.5 Å². The smallest absolute Gasteiger partial charge is 0.0736 e. The third-order valence-electron chi connectivity index (χ3n) is 5.55. The summed E-state index contributed by atoms with van der Waals surface area (Å²) in [5.41, 5.74) is 3.89. The van der Waals surface area contributed by atoms with Gasteiger partial charge < -0.3 is 4.74 Å². The first-order chi connectivity index (χ1) is 12.3. The molecule has 2 aliphatic rings. The summed E-state index contributed by atoms with van der Waals surface area (Å²) in [6.07, 6.45) is 11.6. The summed E-state index contributed by atoms with van der Waals surface area (Å²) in [7, 11) is 1.79. The average molecular weight is 340 g/mol. The number of fused-ring (bicyclic) bond motifs is 1. The second-order valence-electron chi connectivity index (χ2n) is 7.60. The third-order valence-corrected chi connectivity index (χ3v) is 5.55. The number of ether oxygens (including phenoxy) is 1. The van der Waals surface area contributed by atoms with Crippen molar-refractivity contribution in [2.45, 2.75) is 51.2 Å². The van der Waals surface area contributed by atoms with Gasteiger partial charge in [-0.3, -0.25) is 14.6 Å². The van der Waals surface area contributed by atoms with Crippen LogP contribution in [0, 0.1) is 5.92 Å². The minimum absolute atomic E-state index is 0.357. The lowest BCUT2D eigenvalue weighted by Gasteiger charge is -2.31. The van der Waals surface area contributed by atoms with Crippen molar-refractivity contribution in [1.82, 2.24) is 19.7 Å². The van der Waals surface area contributed by atoms with E-state index in [1.807, 2.05) is 18.5 Å². The van der Waals surface area contributed by atoms with Gasteiger partial charge >= 0.3 is 0 Å². The maximum absolute atomic E-state index is 5.49. The van der Waals surface area contributed by atoms with Crippen LogP contribution in [0.25, 0.3) is 0 Å². The van der Waals surface area contributed by atoms with Crippen molar-refractivity contribution in [2.75, 3.05) is 20.3 Å². The zero-order valence-electron chi connectivity index (χ0n) is 15.1. The molecule has 2 aromatic rings. The maximum Gasteiger partial charge on any atom is 0.0736 e. The Bertz CT molecular complexity index is 678. The van der Waals surface area contributed by atoms with Gasteiger partial charge in [0.15, 0.2) is 0 Å². The molecule has 0 spiro atoms.